The number of hydrogen-bond acceptors (Lipinski definition) is 4. The molecule has 1 aromatic heterocycles. The fraction of sp³-hybridized carbons (Fsp3) is 0.429. The van der Waals surface area contributed by atoms with Gasteiger partial charge in [0.1, 0.15) is 18.4 Å². The van der Waals surface area contributed by atoms with E-state index in [0.717, 1.165) is 0 Å². The molecular weight excluding hydrogens is 389 g/mol. The SMILES string of the molecule is O=C(CCn1cccn1)N1CCC2C(=O)N(Cc3cccc(F)c3)CC(=O)N2CC1. The normalized spacial score (nSPS) is 19.6. The van der Waals surface area contributed by atoms with Crippen LogP contribution in [0.1, 0.15) is 18.4 Å². The van der Waals surface area contributed by atoms with Crippen LogP contribution in [0.15, 0.2) is 42.7 Å². The van der Waals surface area contributed by atoms with E-state index in [4.69, 9.17) is 0 Å². The van der Waals surface area contributed by atoms with Gasteiger partial charge in [-0.15, -0.1) is 0 Å². The summed E-state index contributed by atoms with van der Waals surface area (Å²) in [5, 5.41) is 4.10. The fourth-order valence-electron chi connectivity index (χ4n) is 4.07. The van der Waals surface area contributed by atoms with Crippen LogP contribution in [-0.2, 0) is 27.5 Å². The molecule has 0 saturated carbocycles. The molecule has 1 atom stereocenters. The number of rotatable bonds is 5. The fourth-order valence-corrected chi connectivity index (χ4v) is 4.07. The molecule has 9 heteroatoms. The highest BCUT2D eigenvalue weighted by Crippen LogP contribution is 2.21. The van der Waals surface area contributed by atoms with Crippen LogP contribution in [0, 0.1) is 5.82 Å². The van der Waals surface area contributed by atoms with Gasteiger partial charge in [-0.1, -0.05) is 12.1 Å². The summed E-state index contributed by atoms with van der Waals surface area (Å²) in [4.78, 5) is 43.1. The molecular formula is C21H24FN5O3. The van der Waals surface area contributed by atoms with Crippen LogP contribution in [0.2, 0.25) is 0 Å². The highest BCUT2D eigenvalue weighted by Gasteiger charge is 2.41. The van der Waals surface area contributed by atoms with Gasteiger partial charge in [0.05, 0.1) is 0 Å². The van der Waals surface area contributed by atoms with Crippen molar-refractivity contribution in [2.75, 3.05) is 26.2 Å². The van der Waals surface area contributed by atoms with Crippen LogP contribution in [0.5, 0.6) is 0 Å². The van der Waals surface area contributed by atoms with Gasteiger partial charge >= 0.3 is 0 Å². The lowest BCUT2D eigenvalue weighted by Crippen LogP contribution is -2.59. The summed E-state index contributed by atoms with van der Waals surface area (Å²) < 4.78 is 15.2. The van der Waals surface area contributed by atoms with E-state index in [-0.39, 0.29) is 36.6 Å². The minimum atomic E-state index is -0.580. The molecule has 0 radical (unpaired) electrons. The number of piperazine rings is 1. The number of hydrogen-bond donors (Lipinski definition) is 0. The zero-order chi connectivity index (χ0) is 21.1. The zero-order valence-electron chi connectivity index (χ0n) is 16.6. The quantitative estimate of drug-likeness (QED) is 0.729. The number of aryl methyl sites for hydroxylation is 1. The third-order valence-electron chi connectivity index (χ3n) is 5.63. The minimum absolute atomic E-state index is 0.0122. The smallest absolute Gasteiger partial charge is 0.246 e. The number of nitrogens with zero attached hydrogens (tertiary/aromatic N) is 5. The summed E-state index contributed by atoms with van der Waals surface area (Å²) in [5.41, 5.74) is 0.647. The molecule has 0 N–H and O–H groups in total. The number of carbonyl (C=O) groups excluding carboxylic acids is 3. The van der Waals surface area contributed by atoms with Crippen molar-refractivity contribution in [2.24, 2.45) is 0 Å². The Balaban J connectivity index is 1.39. The molecule has 0 bridgehead atoms. The van der Waals surface area contributed by atoms with Crippen LogP contribution in [-0.4, -0.2) is 74.4 Å². The lowest BCUT2D eigenvalue weighted by Gasteiger charge is -2.39. The van der Waals surface area contributed by atoms with E-state index in [9.17, 15) is 18.8 Å². The van der Waals surface area contributed by atoms with Crippen molar-refractivity contribution in [3.63, 3.8) is 0 Å². The summed E-state index contributed by atoms with van der Waals surface area (Å²) in [7, 11) is 0. The van der Waals surface area contributed by atoms with E-state index in [2.05, 4.69) is 5.10 Å². The molecule has 2 aliphatic heterocycles. The Bertz CT molecular complexity index is 932. The lowest BCUT2D eigenvalue weighted by atomic mass is 10.1. The molecule has 8 nitrogen and oxygen atoms in total. The third kappa shape index (κ3) is 4.34. The van der Waals surface area contributed by atoms with E-state index in [1.807, 2.05) is 0 Å². The Morgan fingerprint density at radius 2 is 2.03 bits per heavy atom. The molecule has 1 aromatic carbocycles. The Hall–Kier alpha value is -3.23. The van der Waals surface area contributed by atoms with Crippen molar-refractivity contribution in [1.82, 2.24) is 24.5 Å². The first-order valence-corrected chi connectivity index (χ1v) is 10.1. The summed E-state index contributed by atoms with van der Waals surface area (Å²) in [6.45, 7) is 1.84. The van der Waals surface area contributed by atoms with Gasteiger partial charge in [0, 0.05) is 51.5 Å². The first-order valence-electron chi connectivity index (χ1n) is 10.1. The maximum Gasteiger partial charge on any atom is 0.246 e. The summed E-state index contributed by atoms with van der Waals surface area (Å²) >= 11 is 0. The second kappa shape index (κ2) is 8.64. The molecule has 30 heavy (non-hydrogen) atoms. The second-order valence-corrected chi connectivity index (χ2v) is 7.62. The van der Waals surface area contributed by atoms with Crippen molar-refractivity contribution in [1.29, 1.82) is 0 Å². The number of benzene rings is 1. The lowest BCUT2D eigenvalue weighted by molar-refractivity contribution is -0.156. The molecule has 0 spiro atoms. The number of carbonyl (C=O) groups is 3. The van der Waals surface area contributed by atoms with Gasteiger partial charge < -0.3 is 14.7 Å². The molecule has 0 aliphatic carbocycles. The summed E-state index contributed by atoms with van der Waals surface area (Å²) in [5.74, 6) is -0.669. The van der Waals surface area contributed by atoms with Crippen molar-refractivity contribution in [3.8, 4) is 0 Å². The third-order valence-corrected chi connectivity index (χ3v) is 5.63. The topological polar surface area (TPSA) is 78.8 Å². The van der Waals surface area contributed by atoms with Crippen LogP contribution in [0.3, 0.4) is 0 Å². The average molecular weight is 413 g/mol. The molecule has 4 rings (SSSR count). The maximum absolute atomic E-state index is 13.5. The van der Waals surface area contributed by atoms with Crippen molar-refractivity contribution in [3.05, 3.63) is 54.1 Å². The van der Waals surface area contributed by atoms with Gasteiger partial charge in [-0.05, 0) is 30.2 Å². The molecule has 158 valence electrons. The molecule has 2 aromatic rings. The Morgan fingerprint density at radius 1 is 1.17 bits per heavy atom. The van der Waals surface area contributed by atoms with E-state index in [0.29, 0.717) is 44.6 Å². The monoisotopic (exact) mass is 413 g/mol. The van der Waals surface area contributed by atoms with Crippen LogP contribution in [0.25, 0.3) is 0 Å². The Labute approximate surface area is 173 Å². The molecule has 2 saturated heterocycles. The minimum Gasteiger partial charge on any atom is -0.341 e. The first kappa shape index (κ1) is 20.1. The zero-order valence-corrected chi connectivity index (χ0v) is 16.6. The highest BCUT2D eigenvalue weighted by atomic mass is 19.1. The van der Waals surface area contributed by atoms with E-state index < -0.39 is 6.04 Å². The van der Waals surface area contributed by atoms with Crippen molar-refractivity contribution in [2.45, 2.75) is 32.0 Å². The maximum atomic E-state index is 13.5. The predicted molar refractivity (Wildman–Crippen MR) is 105 cm³/mol. The van der Waals surface area contributed by atoms with Gasteiger partial charge in [-0.3, -0.25) is 19.1 Å². The molecule has 3 heterocycles. The molecule has 3 amide bonds. The van der Waals surface area contributed by atoms with Crippen molar-refractivity contribution < 1.29 is 18.8 Å². The molecule has 1 unspecified atom stereocenters. The van der Waals surface area contributed by atoms with Crippen LogP contribution in [0.4, 0.5) is 4.39 Å². The van der Waals surface area contributed by atoms with Crippen LogP contribution < -0.4 is 0 Å². The number of aromatic nitrogens is 2. The number of fused-ring (bicyclic) bond motifs is 1. The van der Waals surface area contributed by atoms with Gasteiger partial charge in [-0.25, -0.2) is 4.39 Å². The highest BCUT2D eigenvalue weighted by molar-refractivity contribution is 5.95. The van der Waals surface area contributed by atoms with E-state index >= 15 is 0 Å². The Kier molecular flexibility index (Phi) is 5.78. The predicted octanol–water partition coefficient (Wildman–Crippen LogP) is 0.884. The second-order valence-electron chi connectivity index (χ2n) is 7.62. The van der Waals surface area contributed by atoms with Gasteiger partial charge in [0.15, 0.2) is 0 Å². The molecule has 2 aliphatic rings. The van der Waals surface area contributed by atoms with E-state index in [1.54, 1.807) is 45.1 Å². The summed E-state index contributed by atoms with van der Waals surface area (Å²) in [6.07, 6.45) is 4.19. The van der Waals surface area contributed by atoms with E-state index in [1.165, 1.54) is 17.0 Å². The average Bonchev–Trinajstić information content (AvgIpc) is 3.14. The first-order chi connectivity index (χ1) is 14.5. The number of amides is 3. The standard InChI is InChI=1S/C21H24FN5O3/c22-17-4-1-3-16(13-17)14-25-15-20(29)27-12-11-24(9-5-18(27)21(25)30)19(28)6-10-26-8-2-7-23-26/h1-4,7-8,13,18H,5-6,9-12,14-15H2. The van der Waals surface area contributed by atoms with Crippen molar-refractivity contribution >= 4 is 17.7 Å². The van der Waals surface area contributed by atoms with Crippen LogP contribution >= 0.6 is 0 Å². The Morgan fingerprint density at radius 3 is 2.80 bits per heavy atom. The van der Waals surface area contributed by atoms with Gasteiger partial charge in [0.25, 0.3) is 0 Å². The van der Waals surface area contributed by atoms with Gasteiger partial charge in [-0.2, -0.15) is 5.10 Å². The number of halogens is 1. The molecule has 2 fully saturated rings. The van der Waals surface area contributed by atoms with Gasteiger partial charge in [0.2, 0.25) is 17.7 Å². The largest absolute Gasteiger partial charge is 0.341 e. The summed E-state index contributed by atoms with van der Waals surface area (Å²) in [6, 6.07) is 7.27.